The number of methoxy groups -OCH3 is 2. The van der Waals surface area contributed by atoms with Crippen LogP contribution in [0.1, 0.15) is 23.7 Å². The summed E-state index contributed by atoms with van der Waals surface area (Å²) in [4.78, 5) is 16.5. The molecule has 2 aromatic carbocycles. The lowest BCUT2D eigenvalue weighted by atomic mass is 10.0. The van der Waals surface area contributed by atoms with Crippen molar-refractivity contribution in [2.45, 2.75) is 13.3 Å². The molecule has 6 nitrogen and oxygen atoms in total. The Morgan fingerprint density at radius 2 is 1.78 bits per heavy atom. The minimum atomic E-state index is -1.03. The van der Waals surface area contributed by atoms with Crippen LogP contribution in [0.3, 0.4) is 0 Å². The second kappa shape index (κ2) is 7.95. The number of carbonyl (C=O) groups is 1. The summed E-state index contributed by atoms with van der Waals surface area (Å²) in [7, 11) is 3.10. The van der Waals surface area contributed by atoms with Crippen LogP contribution >= 0.6 is 0 Å². The summed E-state index contributed by atoms with van der Waals surface area (Å²) in [6.45, 7) is 2.52. The van der Waals surface area contributed by atoms with E-state index < -0.39 is 5.97 Å². The third-order valence-electron chi connectivity index (χ3n) is 4.18. The molecule has 3 rings (SSSR count). The summed E-state index contributed by atoms with van der Waals surface area (Å²) in [5, 5.41) is 10.2. The monoisotopic (exact) mass is 367 g/mol. The van der Waals surface area contributed by atoms with E-state index in [1.54, 1.807) is 37.4 Å². The molecule has 3 aromatic rings. The van der Waals surface area contributed by atoms with Crippen LogP contribution < -0.4 is 14.2 Å². The van der Waals surface area contributed by atoms with Gasteiger partial charge in [0.05, 0.1) is 32.1 Å². The highest BCUT2D eigenvalue weighted by atomic mass is 16.5. The lowest BCUT2D eigenvalue weighted by Crippen LogP contribution is -2.03. The summed E-state index contributed by atoms with van der Waals surface area (Å²) in [5.74, 6) is 0.589. The van der Waals surface area contributed by atoms with Gasteiger partial charge in [-0.15, -0.1) is 0 Å². The maximum Gasteiger partial charge on any atom is 0.336 e. The van der Waals surface area contributed by atoms with Crippen molar-refractivity contribution in [3.8, 4) is 28.5 Å². The number of carboxylic acid groups (broad SMARTS) is 1. The zero-order valence-corrected chi connectivity index (χ0v) is 15.5. The average Bonchev–Trinajstić information content (AvgIpc) is 2.70. The van der Waals surface area contributed by atoms with Crippen LogP contribution in [0, 0.1) is 0 Å². The minimum Gasteiger partial charge on any atom is -0.494 e. The SMILES string of the molecule is CCCOc1c(OC)cccc1-c1cc(C(=O)O)c2cccc(OC)c2n1. The molecule has 0 aliphatic heterocycles. The topological polar surface area (TPSA) is 77.9 Å². The van der Waals surface area contributed by atoms with E-state index in [4.69, 9.17) is 14.2 Å². The fourth-order valence-electron chi connectivity index (χ4n) is 2.93. The number of ether oxygens (including phenoxy) is 3. The van der Waals surface area contributed by atoms with E-state index in [0.717, 1.165) is 6.42 Å². The highest BCUT2D eigenvalue weighted by Gasteiger charge is 2.19. The summed E-state index contributed by atoms with van der Waals surface area (Å²) >= 11 is 0. The second-order valence-electron chi connectivity index (χ2n) is 5.90. The number of fused-ring (bicyclic) bond motifs is 1. The first kappa shape index (κ1) is 18.5. The number of hydrogen-bond acceptors (Lipinski definition) is 5. The quantitative estimate of drug-likeness (QED) is 0.667. The van der Waals surface area contributed by atoms with E-state index in [0.29, 0.717) is 46.0 Å². The largest absolute Gasteiger partial charge is 0.494 e. The molecule has 0 spiro atoms. The summed E-state index contributed by atoms with van der Waals surface area (Å²) in [6, 6.07) is 12.2. The van der Waals surface area contributed by atoms with E-state index in [1.165, 1.54) is 7.11 Å². The third-order valence-corrected chi connectivity index (χ3v) is 4.18. The number of aromatic nitrogens is 1. The molecule has 6 heteroatoms. The van der Waals surface area contributed by atoms with Gasteiger partial charge in [0.1, 0.15) is 11.3 Å². The van der Waals surface area contributed by atoms with Crippen LogP contribution in [0.4, 0.5) is 0 Å². The Morgan fingerprint density at radius 1 is 1.07 bits per heavy atom. The highest BCUT2D eigenvalue weighted by molar-refractivity contribution is 6.05. The second-order valence-corrected chi connectivity index (χ2v) is 5.90. The molecule has 0 radical (unpaired) electrons. The summed E-state index contributed by atoms with van der Waals surface area (Å²) in [5.41, 5.74) is 1.78. The summed E-state index contributed by atoms with van der Waals surface area (Å²) in [6.07, 6.45) is 0.830. The Bertz CT molecular complexity index is 984. The molecule has 0 unspecified atom stereocenters. The van der Waals surface area contributed by atoms with Gasteiger partial charge < -0.3 is 19.3 Å². The third kappa shape index (κ3) is 3.51. The molecular formula is C21H21NO5. The van der Waals surface area contributed by atoms with Crippen LogP contribution in [0.2, 0.25) is 0 Å². The molecule has 1 heterocycles. The number of rotatable bonds is 7. The first-order chi connectivity index (χ1) is 13.1. The number of carboxylic acids is 1. The molecule has 0 amide bonds. The smallest absolute Gasteiger partial charge is 0.336 e. The zero-order valence-electron chi connectivity index (χ0n) is 15.5. The number of benzene rings is 2. The lowest BCUT2D eigenvalue weighted by molar-refractivity contribution is 0.0699. The van der Waals surface area contributed by atoms with E-state index in [1.807, 2.05) is 19.1 Å². The maximum absolute atomic E-state index is 11.9. The first-order valence-corrected chi connectivity index (χ1v) is 8.61. The van der Waals surface area contributed by atoms with Crippen molar-refractivity contribution in [3.05, 3.63) is 48.0 Å². The van der Waals surface area contributed by atoms with Gasteiger partial charge in [-0.1, -0.05) is 25.1 Å². The molecule has 0 saturated heterocycles. The first-order valence-electron chi connectivity index (χ1n) is 8.61. The van der Waals surface area contributed by atoms with Crippen molar-refractivity contribution < 1.29 is 24.1 Å². The van der Waals surface area contributed by atoms with Gasteiger partial charge in [0.25, 0.3) is 0 Å². The molecule has 0 aliphatic carbocycles. The normalized spacial score (nSPS) is 10.6. The standard InChI is InChI=1S/C21H21NO5/c1-4-11-27-20-14(8-6-10-18(20)26-3)16-12-15(21(23)24)13-7-5-9-17(25-2)19(13)22-16/h5-10,12H,4,11H2,1-3H3,(H,23,24). The molecule has 0 bridgehead atoms. The van der Waals surface area contributed by atoms with Crippen molar-refractivity contribution in [1.29, 1.82) is 0 Å². The summed E-state index contributed by atoms with van der Waals surface area (Å²) < 4.78 is 16.7. The Labute approximate surface area is 157 Å². The average molecular weight is 367 g/mol. The van der Waals surface area contributed by atoms with Crippen LogP contribution in [0.25, 0.3) is 22.2 Å². The molecule has 1 N–H and O–H groups in total. The van der Waals surface area contributed by atoms with Gasteiger partial charge in [0.2, 0.25) is 0 Å². The maximum atomic E-state index is 11.9. The lowest BCUT2D eigenvalue weighted by Gasteiger charge is -2.16. The van der Waals surface area contributed by atoms with Crippen molar-refractivity contribution >= 4 is 16.9 Å². The molecule has 0 atom stereocenters. The number of para-hydroxylation sites is 2. The highest BCUT2D eigenvalue weighted by Crippen LogP contribution is 2.39. The molecule has 0 fully saturated rings. The van der Waals surface area contributed by atoms with E-state index >= 15 is 0 Å². The minimum absolute atomic E-state index is 0.151. The van der Waals surface area contributed by atoms with Crippen LogP contribution in [-0.2, 0) is 0 Å². The van der Waals surface area contributed by atoms with Crippen molar-refractivity contribution in [3.63, 3.8) is 0 Å². The van der Waals surface area contributed by atoms with Gasteiger partial charge >= 0.3 is 5.97 Å². The molecule has 140 valence electrons. The Kier molecular flexibility index (Phi) is 5.45. The number of nitrogens with zero attached hydrogens (tertiary/aromatic N) is 1. The van der Waals surface area contributed by atoms with Crippen molar-refractivity contribution in [2.75, 3.05) is 20.8 Å². The van der Waals surface area contributed by atoms with Gasteiger partial charge in [-0.2, -0.15) is 0 Å². The van der Waals surface area contributed by atoms with Gasteiger partial charge in [-0.25, -0.2) is 9.78 Å². The van der Waals surface area contributed by atoms with Gasteiger partial charge in [0.15, 0.2) is 11.5 Å². The Balaban J connectivity index is 2.30. The van der Waals surface area contributed by atoms with E-state index in [-0.39, 0.29) is 5.56 Å². The number of pyridine rings is 1. The fourth-order valence-corrected chi connectivity index (χ4v) is 2.93. The molecule has 0 aliphatic rings. The van der Waals surface area contributed by atoms with E-state index in [2.05, 4.69) is 4.98 Å². The van der Waals surface area contributed by atoms with Gasteiger partial charge in [-0.3, -0.25) is 0 Å². The fraction of sp³-hybridized carbons (Fsp3) is 0.238. The van der Waals surface area contributed by atoms with Crippen molar-refractivity contribution in [1.82, 2.24) is 4.98 Å². The zero-order chi connectivity index (χ0) is 19.4. The van der Waals surface area contributed by atoms with Crippen LogP contribution in [-0.4, -0.2) is 36.9 Å². The van der Waals surface area contributed by atoms with Crippen molar-refractivity contribution in [2.24, 2.45) is 0 Å². The van der Waals surface area contributed by atoms with Gasteiger partial charge in [-0.05, 0) is 30.7 Å². The van der Waals surface area contributed by atoms with Crippen LogP contribution in [0.5, 0.6) is 17.2 Å². The molecular weight excluding hydrogens is 346 g/mol. The molecule has 27 heavy (non-hydrogen) atoms. The molecule has 0 saturated carbocycles. The van der Waals surface area contributed by atoms with E-state index in [9.17, 15) is 9.90 Å². The predicted molar refractivity (Wildman–Crippen MR) is 103 cm³/mol. The van der Waals surface area contributed by atoms with Gasteiger partial charge in [0, 0.05) is 10.9 Å². The van der Waals surface area contributed by atoms with Crippen LogP contribution in [0.15, 0.2) is 42.5 Å². The number of aromatic carboxylic acids is 1. The Hall–Kier alpha value is -3.28. The predicted octanol–water partition coefficient (Wildman–Crippen LogP) is 4.41. The number of hydrogen-bond donors (Lipinski definition) is 1. The Morgan fingerprint density at radius 3 is 2.44 bits per heavy atom. The molecule has 1 aromatic heterocycles.